The van der Waals surface area contributed by atoms with Crippen LogP contribution in [0.5, 0.6) is 0 Å². The van der Waals surface area contributed by atoms with Crippen molar-refractivity contribution >= 4 is 17.4 Å². The summed E-state index contributed by atoms with van der Waals surface area (Å²) in [5, 5.41) is 15.2. The number of hydrogen-bond donors (Lipinski definition) is 1. The minimum absolute atomic E-state index is 0.102. The van der Waals surface area contributed by atoms with Crippen LogP contribution in [0, 0.1) is 0 Å². The summed E-state index contributed by atoms with van der Waals surface area (Å²) >= 11 is 1.68. The van der Waals surface area contributed by atoms with Gasteiger partial charge in [0.15, 0.2) is 0 Å². The normalized spacial score (nSPS) is 11.7. The van der Waals surface area contributed by atoms with Gasteiger partial charge in [0.05, 0.1) is 0 Å². The Morgan fingerprint density at radius 2 is 2.19 bits per heavy atom. The number of hydrogen-bond acceptors (Lipinski definition) is 5. The lowest BCUT2D eigenvalue weighted by atomic mass is 9.97. The molecule has 2 rings (SSSR count). The van der Waals surface area contributed by atoms with Gasteiger partial charge in [0, 0.05) is 12.0 Å². The summed E-state index contributed by atoms with van der Waals surface area (Å²) in [5.74, 6) is 0.653. The molecule has 2 heterocycles. The van der Waals surface area contributed by atoms with Crippen molar-refractivity contribution in [3.8, 4) is 0 Å². The monoisotopic (exact) mass is 237 g/mol. The van der Waals surface area contributed by atoms with Crippen LogP contribution >= 0.6 is 11.3 Å². The smallest absolute Gasteiger partial charge is 0.315 e. The molecule has 86 valence electrons. The maximum Gasteiger partial charge on any atom is 0.315 e. The molecule has 0 saturated carbocycles. The van der Waals surface area contributed by atoms with Gasteiger partial charge in [-0.15, -0.1) is 5.10 Å². The number of aromatic nitrogens is 2. The highest BCUT2D eigenvalue weighted by molar-refractivity contribution is 7.07. The maximum absolute atomic E-state index is 5.52. The molecule has 0 aliphatic rings. The third-order valence-electron chi connectivity index (χ3n) is 2.09. The quantitative estimate of drug-likeness (QED) is 0.891. The summed E-state index contributed by atoms with van der Waals surface area (Å²) in [6.07, 6.45) is 0. The predicted octanol–water partition coefficient (Wildman–Crippen LogP) is 3.04. The molecular weight excluding hydrogens is 222 g/mol. The SMILES string of the molecule is CC(C)(C)c1nnc(NCc2ccsc2)o1. The Kier molecular flexibility index (Phi) is 2.96. The first-order chi connectivity index (χ1) is 7.55. The molecule has 0 spiro atoms. The molecule has 4 nitrogen and oxygen atoms in total. The standard InChI is InChI=1S/C11H15N3OS/c1-11(2,3)9-13-14-10(15-9)12-6-8-4-5-16-7-8/h4-5,7H,6H2,1-3H3,(H,12,14). The van der Waals surface area contributed by atoms with Crippen LogP contribution in [-0.2, 0) is 12.0 Å². The molecule has 0 radical (unpaired) electrons. The van der Waals surface area contributed by atoms with Crippen LogP contribution in [0.25, 0.3) is 0 Å². The molecule has 0 aromatic carbocycles. The average Bonchev–Trinajstić information content (AvgIpc) is 2.85. The highest BCUT2D eigenvalue weighted by Gasteiger charge is 2.21. The first-order valence-electron chi connectivity index (χ1n) is 5.14. The molecule has 5 heteroatoms. The Labute approximate surface area is 98.7 Å². The van der Waals surface area contributed by atoms with E-state index in [0.717, 1.165) is 6.54 Å². The van der Waals surface area contributed by atoms with Crippen molar-refractivity contribution in [2.45, 2.75) is 32.7 Å². The predicted molar refractivity (Wildman–Crippen MR) is 64.6 cm³/mol. The molecule has 2 aromatic heterocycles. The van der Waals surface area contributed by atoms with Gasteiger partial charge in [-0.25, -0.2) is 0 Å². The molecule has 1 N–H and O–H groups in total. The second kappa shape index (κ2) is 4.25. The molecule has 0 aliphatic carbocycles. The van der Waals surface area contributed by atoms with E-state index in [-0.39, 0.29) is 5.41 Å². The van der Waals surface area contributed by atoms with Crippen LogP contribution in [0.3, 0.4) is 0 Å². The third kappa shape index (κ3) is 2.61. The van der Waals surface area contributed by atoms with Crippen LogP contribution in [0.4, 0.5) is 6.01 Å². The van der Waals surface area contributed by atoms with Crippen molar-refractivity contribution in [1.29, 1.82) is 0 Å². The molecular formula is C11H15N3OS. The number of rotatable bonds is 3. The topological polar surface area (TPSA) is 51.0 Å². The van der Waals surface area contributed by atoms with E-state index in [9.17, 15) is 0 Å². The van der Waals surface area contributed by atoms with E-state index < -0.39 is 0 Å². The third-order valence-corrected chi connectivity index (χ3v) is 2.82. The highest BCUT2D eigenvalue weighted by Crippen LogP contribution is 2.22. The van der Waals surface area contributed by atoms with Crippen molar-refractivity contribution in [2.24, 2.45) is 0 Å². The van der Waals surface area contributed by atoms with E-state index in [1.807, 2.05) is 26.2 Å². The zero-order valence-electron chi connectivity index (χ0n) is 9.65. The fourth-order valence-corrected chi connectivity index (χ4v) is 1.84. The van der Waals surface area contributed by atoms with Crippen LogP contribution in [0.15, 0.2) is 21.2 Å². The Hall–Kier alpha value is -1.36. The van der Waals surface area contributed by atoms with Gasteiger partial charge in [0.1, 0.15) is 0 Å². The van der Waals surface area contributed by atoms with E-state index in [2.05, 4.69) is 27.0 Å². The fourth-order valence-electron chi connectivity index (χ4n) is 1.17. The van der Waals surface area contributed by atoms with Crippen molar-refractivity contribution in [1.82, 2.24) is 10.2 Å². The molecule has 2 aromatic rings. The lowest BCUT2D eigenvalue weighted by molar-refractivity contribution is 0.399. The molecule has 0 unspecified atom stereocenters. The van der Waals surface area contributed by atoms with Crippen molar-refractivity contribution in [3.05, 3.63) is 28.3 Å². The molecule has 16 heavy (non-hydrogen) atoms. The summed E-state index contributed by atoms with van der Waals surface area (Å²) in [6.45, 7) is 6.85. The van der Waals surface area contributed by atoms with Gasteiger partial charge >= 0.3 is 6.01 Å². The Morgan fingerprint density at radius 1 is 1.38 bits per heavy atom. The summed E-state index contributed by atoms with van der Waals surface area (Å²) < 4.78 is 5.52. The number of anilines is 1. The summed E-state index contributed by atoms with van der Waals surface area (Å²) in [6, 6.07) is 2.55. The second-order valence-electron chi connectivity index (χ2n) is 4.65. The number of nitrogens with one attached hydrogen (secondary N) is 1. The van der Waals surface area contributed by atoms with Crippen LogP contribution in [0.1, 0.15) is 32.2 Å². The Bertz CT molecular complexity index is 442. The maximum atomic E-state index is 5.52. The van der Waals surface area contributed by atoms with Gasteiger partial charge in [-0.1, -0.05) is 25.9 Å². The molecule has 0 bridgehead atoms. The van der Waals surface area contributed by atoms with E-state index in [0.29, 0.717) is 11.9 Å². The number of thiophene rings is 1. The minimum atomic E-state index is -0.102. The van der Waals surface area contributed by atoms with Gasteiger partial charge < -0.3 is 9.73 Å². The molecule has 0 atom stereocenters. The zero-order valence-corrected chi connectivity index (χ0v) is 10.5. The average molecular weight is 237 g/mol. The first kappa shape index (κ1) is 11.1. The fraction of sp³-hybridized carbons (Fsp3) is 0.455. The van der Waals surface area contributed by atoms with Crippen molar-refractivity contribution < 1.29 is 4.42 Å². The summed E-state index contributed by atoms with van der Waals surface area (Å²) in [7, 11) is 0. The van der Waals surface area contributed by atoms with E-state index in [1.165, 1.54) is 5.56 Å². The minimum Gasteiger partial charge on any atom is -0.408 e. The van der Waals surface area contributed by atoms with Crippen LogP contribution < -0.4 is 5.32 Å². The molecule has 0 amide bonds. The first-order valence-corrected chi connectivity index (χ1v) is 6.09. The highest BCUT2D eigenvalue weighted by atomic mass is 32.1. The summed E-state index contributed by atoms with van der Waals surface area (Å²) in [5.41, 5.74) is 1.12. The molecule has 0 aliphatic heterocycles. The van der Waals surface area contributed by atoms with Crippen molar-refractivity contribution in [3.63, 3.8) is 0 Å². The van der Waals surface area contributed by atoms with Gasteiger partial charge in [0.25, 0.3) is 0 Å². The van der Waals surface area contributed by atoms with Crippen molar-refractivity contribution in [2.75, 3.05) is 5.32 Å². The largest absolute Gasteiger partial charge is 0.408 e. The van der Waals surface area contributed by atoms with Gasteiger partial charge in [0.2, 0.25) is 5.89 Å². The second-order valence-corrected chi connectivity index (χ2v) is 5.43. The lowest BCUT2D eigenvalue weighted by Gasteiger charge is -2.10. The van der Waals surface area contributed by atoms with E-state index in [1.54, 1.807) is 11.3 Å². The Morgan fingerprint density at radius 3 is 2.75 bits per heavy atom. The molecule has 0 saturated heterocycles. The van der Waals surface area contributed by atoms with Gasteiger partial charge in [-0.2, -0.15) is 11.3 Å². The Balaban J connectivity index is 1.98. The number of nitrogens with zero attached hydrogens (tertiary/aromatic N) is 2. The van der Waals surface area contributed by atoms with Crippen LogP contribution in [-0.4, -0.2) is 10.2 Å². The van der Waals surface area contributed by atoms with E-state index in [4.69, 9.17) is 4.42 Å². The van der Waals surface area contributed by atoms with Gasteiger partial charge in [-0.3, -0.25) is 0 Å². The zero-order chi connectivity index (χ0) is 11.6. The lowest BCUT2D eigenvalue weighted by Crippen LogP contribution is -2.11. The van der Waals surface area contributed by atoms with E-state index >= 15 is 0 Å². The summed E-state index contributed by atoms with van der Waals surface area (Å²) in [4.78, 5) is 0. The molecule has 0 fully saturated rings. The van der Waals surface area contributed by atoms with Crippen LogP contribution in [0.2, 0.25) is 0 Å². The van der Waals surface area contributed by atoms with Gasteiger partial charge in [-0.05, 0) is 22.4 Å².